The number of hydrogen-bond donors (Lipinski definition) is 1. The third-order valence-corrected chi connectivity index (χ3v) is 4.88. The van der Waals surface area contributed by atoms with Crippen molar-refractivity contribution in [2.75, 3.05) is 13.1 Å². The average Bonchev–Trinajstić information content (AvgIpc) is 3.24. The van der Waals surface area contributed by atoms with E-state index in [1.165, 1.54) is 12.8 Å². The van der Waals surface area contributed by atoms with Gasteiger partial charge >= 0.3 is 0 Å². The Balaban J connectivity index is 1.43. The first-order chi connectivity index (χ1) is 11.7. The predicted molar refractivity (Wildman–Crippen MR) is 94.7 cm³/mol. The molecule has 1 aliphatic rings. The van der Waals surface area contributed by atoms with Crippen LogP contribution in [0, 0.1) is 0 Å². The van der Waals surface area contributed by atoms with E-state index in [2.05, 4.69) is 15.3 Å². The molecule has 2 heterocycles. The Hall–Kier alpha value is -1.85. The molecule has 0 aliphatic carbocycles. The molecule has 0 bridgehead atoms. The minimum atomic E-state index is 0.0691. The standard InChI is InChI=1S/C18H23ClN4O/c19-17-7-2-1-5-15(17)13-20-18(24)8-12-22-10-3-6-16(22)14-23-11-4-9-21-23/h1-2,4-5,7,9,11,16H,3,6,8,10,12-14H2,(H,20,24)/t16-/m1/s1. The molecule has 1 saturated heterocycles. The number of nitrogens with zero attached hydrogens (tertiary/aromatic N) is 3. The zero-order valence-corrected chi connectivity index (χ0v) is 14.5. The number of hydrogen-bond acceptors (Lipinski definition) is 3. The third kappa shape index (κ3) is 4.58. The Bertz CT molecular complexity index is 659. The topological polar surface area (TPSA) is 50.2 Å². The second kappa shape index (κ2) is 8.31. The van der Waals surface area contributed by atoms with E-state index in [4.69, 9.17) is 11.6 Å². The van der Waals surface area contributed by atoms with Gasteiger partial charge in [0.1, 0.15) is 0 Å². The van der Waals surface area contributed by atoms with Crippen LogP contribution in [0.1, 0.15) is 24.8 Å². The van der Waals surface area contributed by atoms with Gasteiger partial charge in [0.25, 0.3) is 0 Å². The van der Waals surface area contributed by atoms with Gasteiger partial charge in [0.2, 0.25) is 5.91 Å². The lowest BCUT2D eigenvalue weighted by Crippen LogP contribution is -2.36. The van der Waals surface area contributed by atoms with Crippen LogP contribution >= 0.6 is 11.6 Å². The Morgan fingerprint density at radius 2 is 2.21 bits per heavy atom. The summed E-state index contributed by atoms with van der Waals surface area (Å²) in [7, 11) is 0. The van der Waals surface area contributed by atoms with E-state index < -0.39 is 0 Å². The Morgan fingerprint density at radius 3 is 3.00 bits per heavy atom. The van der Waals surface area contributed by atoms with Crippen LogP contribution in [-0.2, 0) is 17.9 Å². The van der Waals surface area contributed by atoms with Gasteiger partial charge in [-0.05, 0) is 37.1 Å². The predicted octanol–water partition coefficient (Wildman–Crippen LogP) is 2.71. The minimum absolute atomic E-state index is 0.0691. The highest BCUT2D eigenvalue weighted by atomic mass is 35.5. The Kier molecular flexibility index (Phi) is 5.88. The van der Waals surface area contributed by atoms with Gasteiger partial charge in [-0.15, -0.1) is 0 Å². The molecule has 0 radical (unpaired) electrons. The lowest BCUT2D eigenvalue weighted by atomic mass is 10.2. The molecule has 6 heteroatoms. The Labute approximate surface area is 147 Å². The lowest BCUT2D eigenvalue weighted by Gasteiger charge is -2.24. The molecular weight excluding hydrogens is 324 g/mol. The van der Waals surface area contributed by atoms with Crippen molar-refractivity contribution in [2.45, 2.75) is 38.4 Å². The van der Waals surface area contributed by atoms with Crippen LogP contribution in [0.2, 0.25) is 5.02 Å². The number of benzene rings is 1. The number of likely N-dealkylation sites (tertiary alicyclic amines) is 1. The van der Waals surface area contributed by atoms with Crippen molar-refractivity contribution >= 4 is 17.5 Å². The fourth-order valence-corrected chi connectivity index (χ4v) is 3.39. The molecule has 0 saturated carbocycles. The number of carbonyl (C=O) groups is 1. The molecular formula is C18H23ClN4O. The molecule has 3 rings (SSSR count). The van der Waals surface area contributed by atoms with Crippen LogP contribution in [0.25, 0.3) is 0 Å². The highest BCUT2D eigenvalue weighted by molar-refractivity contribution is 6.31. The maximum absolute atomic E-state index is 12.1. The highest BCUT2D eigenvalue weighted by Gasteiger charge is 2.25. The van der Waals surface area contributed by atoms with Crippen molar-refractivity contribution in [3.8, 4) is 0 Å². The van der Waals surface area contributed by atoms with Gasteiger partial charge in [-0.3, -0.25) is 14.4 Å². The van der Waals surface area contributed by atoms with Crippen molar-refractivity contribution in [1.29, 1.82) is 0 Å². The summed E-state index contributed by atoms with van der Waals surface area (Å²) in [4.78, 5) is 14.5. The van der Waals surface area contributed by atoms with Crippen molar-refractivity contribution in [1.82, 2.24) is 20.0 Å². The lowest BCUT2D eigenvalue weighted by molar-refractivity contribution is -0.121. The van der Waals surface area contributed by atoms with Crippen LogP contribution in [0.4, 0.5) is 0 Å². The fourth-order valence-electron chi connectivity index (χ4n) is 3.19. The summed E-state index contributed by atoms with van der Waals surface area (Å²) in [6, 6.07) is 10.0. The van der Waals surface area contributed by atoms with E-state index in [0.29, 0.717) is 24.0 Å². The minimum Gasteiger partial charge on any atom is -0.352 e. The van der Waals surface area contributed by atoms with Crippen LogP contribution in [-0.4, -0.2) is 39.7 Å². The summed E-state index contributed by atoms with van der Waals surface area (Å²) in [5.41, 5.74) is 0.949. The van der Waals surface area contributed by atoms with E-state index >= 15 is 0 Å². The number of nitrogens with one attached hydrogen (secondary N) is 1. The van der Waals surface area contributed by atoms with E-state index in [1.807, 2.05) is 41.2 Å². The van der Waals surface area contributed by atoms with Crippen molar-refractivity contribution in [2.24, 2.45) is 0 Å². The normalized spacial score (nSPS) is 18.0. The zero-order valence-electron chi connectivity index (χ0n) is 13.7. The molecule has 1 atom stereocenters. The van der Waals surface area contributed by atoms with Crippen LogP contribution in [0.3, 0.4) is 0 Å². The average molecular weight is 347 g/mol. The van der Waals surface area contributed by atoms with Gasteiger partial charge in [-0.25, -0.2) is 0 Å². The van der Waals surface area contributed by atoms with E-state index in [1.54, 1.807) is 6.20 Å². The van der Waals surface area contributed by atoms with E-state index in [9.17, 15) is 4.79 Å². The maximum atomic E-state index is 12.1. The second-order valence-corrected chi connectivity index (χ2v) is 6.59. The van der Waals surface area contributed by atoms with Gasteiger partial charge < -0.3 is 5.32 Å². The summed E-state index contributed by atoms with van der Waals surface area (Å²) >= 11 is 6.11. The van der Waals surface area contributed by atoms with E-state index in [0.717, 1.165) is 25.2 Å². The smallest absolute Gasteiger partial charge is 0.221 e. The van der Waals surface area contributed by atoms with Gasteiger partial charge in [-0.1, -0.05) is 29.8 Å². The second-order valence-electron chi connectivity index (χ2n) is 6.18. The van der Waals surface area contributed by atoms with Gasteiger partial charge in [0, 0.05) is 43.0 Å². The summed E-state index contributed by atoms with van der Waals surface area (Å²) in [6.07, 6.45) is 6.67. The van der Waals surface area contributed by atoms with Crippen LogP contribution < -0.4 is 5.32 Å². The highest BCUT2D eigenvalue weighted by Crippen LogP contribution is 2.19. The van der Waals surface area contributed by atoms with Gasteiger partial charge in [0.15, 0.2) is 0 Å². The first-order valence-corrected chi connectivity index (χ1v) is 8.82. The summed E-state index contributed by atoms with van der Waals surface area (Å²) in [5, 5.41) is 7.93. The monoisotopic (exact) mass is 346 g/mol. The molecule has 1 aromatic carbocycles. The van der Waals surface area contributed by atoms with Gasteiger partial charge in [-0.2, -0.15) is 5.10 Å². The molecule has 24 heavy (non-hydrogen) atoms. The molecule has 1 amide bonds. The van der Waals surface area contributed by atoms with Crippen LogP contribution in [0.15, 0.2) is 42.7 Å². The molecule has 1 fully saturated rings. The third-order valence-electron chi connectivity index (χ3n) is 4.52. The van der Waals surface area contributed by atoms with Crippen LogP contribution in [0.5, 0.6) is 0 Å². The molecule has 2 aromatic rings. The molecule has 1 aliphatic heterocycles. The molecule has 0 unspecified atom stereocenters. The molecule has 128 valence electrons. The molecule has 1 aromatic heterocycles. The quantitative estimate of drug-likeness (QED) is 0.838. The SMILES string of the molecule is O=C(CCN1CCC[C@@H]1Cn1cccn1)NCc1ccccc1Cl. The summed E-state index contributed by atoms with van der Waals surface area (Å²) in [5.74, 6) is 0.0691. The number of aromatic nitrogens is 2. The maximum Gasteiger partial charge on any atom is 0.221 e. The van der Waals surface area contributed by atoms with Crippen molar-refractivity contribution in [3.05, 3.63) is 53.3 Å². The largest absolute Gasteiger partial charge is 0.352 e. The Morgan fingerprint density at radius 1 is 1.33 bits per heavy atom. The summed E-state index contributed by atoms with van der Waals surface area (Å²) < 4.78 is 1.97. The van der Waals surface area contributed by atoms with Crippen molar-refractivity contribution in [3.63, 3.8) is 0 Å². The van der Waals surface area contributed by atoms with Crippen molar-refractivity contribution < 1.29 is 4.79 Å². The molecule has 0 spiro atoms. The van der Waals surface area contributed by atoms with Gasteiger partial charge in [0.05, 0.1) is 6.54 Å². The zero-order chi connectivity index (χ0) is 16.8. The number of rotatable bonds is 7. The van der Waals surface area contributed by atoms with E-state index in [-0.39, 0.29) is 5.91 Å². The first-order valence-electron chi connectivity index (χ1n) is 8.44. The number of amides is 1. The fraction of sp³-hybridized carbons (Fsp3) is 0.444. The molecule has 1 N–H and O–H groups in total. The number of carbonyl (C=O) groups excluding carboxylic acids is 1. The number of halogens is 1. The molecule has 5 nitrogen and oxygen atoms in total. The summed E-state index contributed by atoms with van der Waals surface area (Å²) in [6.45, 7) is 3.23. The first kappa shape index (κ1) is 17.0.